The maximum absolute atomic E-state index is 5.39. The van der Waals surface area contributed by atoms with Gasteiger partial charge in [-0.1, -0.05) is 206 Å². The molecule has 69 heavy (non-hydrogen) atoms. The van der Waals surface area contributed by atoms with Crippen LogP contribution in [-0.2, 0) is 0 Å². The number of thiophene rings is 1. The molecule has 0 saturated heterocycles. The summed E-state index contributed by atoms with van der Waals surface area (Å²) in [7, 11) is -2.84. The predicted octanol–water partition coefficient (Wildman–Crippen LogP) is 13.4. The van der Waals surface area contributed by atoms with Gasteiger partial charge in [0.05, 0.1) is 11.0 Å². The van der Waals surface area contributed by atoms with Crippen molar-refractivity contribution in [2.75, 3.05) is 0 Å². The van der Waals surface area contributed by atoms with Gasteiger partial charge in [-0.2, -0.15) is 0 Å². The summed E-state index contributed by atoms with van der Waals surface area (Å²) in [6.45, 7) is 0. The summed E-state index contributed by atoms with van der Waals surface area (Å²) in [4.78, 5) is 16.1. The van der Waals surface area contributed by atoms with Crippen molar-refractivity contribution in [2.24, 2.45) is 0 Å². The summed E-state index contributed by atoms with van der Waals surface area (Å²) in [5, 5.41) is 10.2. The highest BCUT2D eigenvalue weighted by molar-refractivity contribution is 7.26. The molecule has 0 fully saturated rings. The van der Waals surface area contributed by atoms with E-state index in [1.807, 2.05) is 11.3 Å². The molecule has 3 aromatic heterocycles. The Balaban J connectivity index is 0.995. The molecule has 0 aliphatic carbocycles. The van der Waals surface area contributed by atoms with E-state index in [4.69, 9.17) is 15.0 Å². The van der Waals surface area contributed by atoms with E-state index in [9.17, 15) is 0 Å². The van der Waals surface area contributed by atoms with Gasteiger partial charge in [-0.25, -0.2) is 15.0 Å². The van der Waals surface area contributed by atoms with Crippen LogP contribution in [-0.4, -0.2) is 27.6 Å². The zero-order chi connectivity index (χ0) is 45.7. The molecule has 0 radical (unpaired) electrons. The van der Waals surface area contributed by atoms with E-state index < -0.39 is 8.07 Å². The van der Waals surface area contributed by atoms with Crippen LogP contribution in [0.1, 0.15) is 0 Å². The summed E-state index contributed by atoms with van der Waals surface area (Å²) >= 11 is 1.84. The Kier molecular flexibility index (Phi) is 10.00. The average Bonchev–Trinajstić information content (AvgIpc) is 3.98. The molecule has 13 rings (SSSR count). The molecule has 0 aliphatic heterocycles. The molecule has 0 N–H and O–H groups in total. The molecule has 0 aliphatic rings. The lowest BCUT2D eigenvalue weighted by Gasteiger charge is -2.34. The number of aromatic nitrogens is 4. The van der Waals surface area contributed by atoms with Gasteiger partial charge in [0.1, 0.15) is 0 Å². The minimum atomic E-state index is -2.84. The van der Waals surface area contributed by atoms with E-state index in [0.29, 0.717) is 17.5 Å². The Morgan fingerprint density at radius 3 is 1.38 bits per heavy atom. The highest BCUT2D eigenvalue weighted by Gasteiger charge is 2.41. The Morgan fingerprint density at radius 1 is 0.319 bits per heavy atom. The quantitative estimate of drug-likeness (QED) is 0.107. The lowest BCUT2D eigenvalue weighted by Crippen LogP contribution is -2.74. The number of hydrogen-bond donors (Lipinski definition) is 0. The number of para-hydroxylation sites is 2. The molecule has 0 atom stereocenters. The van der Waals surface area contributed by atoms with E-state index in [2.05, 4.69) is 259 Å². The van der Waals surface area contributed by atoms with Gasteiger partial charge in [-0.15, -0.1) is 11.3 Å². The van der Waals surface area contributed by atoms with Crippen LogP contribution in [0.25, 0.3) is 93.0 Å². The molecular weight excluding hydrogens is 873 g/mol. The van der Waals surface area contributed by atoms with E-state index in [-0.39, 0.29) is 0 Å². The molecule has 6 heteroatoms. The average molecular weight is 915 g/mol. The highest BCUT2D eigenvalue weighted by atomic mass is 32.1. The molecule has 0 bridgehead atoms. The van der Waals surface area contributed by atoms with Crippen LogP contribution in [0.5, 0.6) is 0 Å². The molecule has 10 aromatic carbocycles. The molecule has 0 spiro atoms. The van der Waals surface area contributed by atoms with Crippen LogP contribution in [0.3, 0.4) is 0 Å². The van der Waals surface area contributed by atoms with Gasteiger partial charge < -0.3 is 4.57 Å². The molecule has 4 nitrogen and oxygen atoms in total. The third-order valence-corrected chi connectivity index (χ3v) is 19.6. The lowest BCUT2D eigenvalue weighted by atomic mass is 10.0. The van der Waals surface area contributed by atoms with E-state index in [0.717, 1.165) is 27.9 Å². The van der Waals surface area contributed by atoms with E-state index in [1.165, 1.54) is 68.3 Å². The maximum Gasteiger partial charge on any atom is 0.179 e. The van der Waals surface area contributed by atoms with Gasteiger partial charge in [-0.3, -0.25) is 0 Å². The summed E-state index contributed by atoms with van der Waals surface area (Å²) in [5.41, 5.74) is 8.50. The van der Waals surface area contributed by atoms with Crippen LogP contribution in [0.4, 0.5) is 0 Å². The van der Waals surface area contributed by atoms with Crippen LogP contribution in [0.2, 0.25) is 0 Å². The van der Waals surface area contributed by atoms with Gasteiger partial charge in [0, 0.05) is 53.3 Å². The van der Waals surface area contributed by atoms with Crippen molar-refractivity contribution in [3.8, 4) is 51.0 Å². The first-order chi connectivity index (χ1) is 34.2. The van der Waals surface area contributed by atoms with Gasteiger partial charge in [0.25, 0.3) is 0 Å². The first-order valence-electron chi connectivity index (χ1n) is 23.3. The Labute approximate surface area is 405 Å². The van der Waals surface area contributed by atoms with Gasteiger partial charge in [0.2, 0.25) is 0 Å². The number of nitrogens with zero attached hydrogens (tertiary/aromatic N) is 4. The van der Waals surface area contributed by atoms with Crippen LogP contribution < -0.4 is 20.7 Å². The summed E-state index contributed by atoms with van der Waals surface area (Å²) < 4.78 is 4.90. The summed E-state index contributed by atoms with van der Waals surface area (Å²) in [5.74, 6) is 1.86. The summed E-state index contributed by atoms with van der Waals surface area (Å²) in [6, 6.07) is 92.0. The Morgan fingerprint density at radius 2 is 0.768 bits per heavy atom. The molecule has 0 amide bonds. The molecule has 3 heterocycles. The third kappa shape index (κ3) is 6.91. The van der Waals surface area contributed by atoms with Crippen molar-refractivity contribution < 1.29 is 0 Å². The van der Waals surface area contributed by atoms with Gasteiger partial charge in [-0.05, 0) is 80.4 Å². The highest BCUT2D eigenvalue weighted by Crippen LogP contribution is 2.41. The van der Waals surface area contributed by atoms with Crippen molar-refractivity contribution in [2.45, 2.75) is 0 Å². The fraction of sp³-hybridized carbons (Fsp3) is 0. The first kappa shape index (κ1) is 40.7. The normalized spacial score (nSPS) is 11.8. The molecular formula is C63H42N4SSi. The molecule has 13 aromatic rings. The Bertz CT molecular complexity index is 3860. The fourth-order valence-corrected chi connectivity index (χ4v) is 16.5. The predicted molar refractivity (Wildman–Crippen MR) is 292 cm³/mol. The topological polar surface area (TPSA) is 43.6 Å². The number of hydrogen-bond acceptors (Lipinski definition) is 4. The van der Waals surface area contributed by atoms with Crippen LogP contribution >= 0.6 is 11.3 Å². The number of benzene rings is 10. The SMILES string of the molecule is c1ccc([Si](c2ccccc2)(c2ccccc2)c2cccc(-c3nc(-c4ccc(-n5c6ccccc6c6ccccc65)cc4)nc(-c4cccc(-c5cccc6c5sc5ccccc56)c4)n3)c2)cc1. The monoisotopic (exact) mass is 914 g/mol. The number of rotatable bonds is 9. The van der Waals surface area contributed by atoms with Crippen LogP contribution in [0.15, 0.2) is 255 Å². The van der Waals surface area contributed by atoms with Crippen molar-refractivity contribution in [3.05, 3.63) is 255 Å². The summed E-state index contributed by atoms with van der Waals surface area (Å²) in [6.07, 6.45) is 0. The second-order valence-corrected chi connectivity index (χ2v) is 22.4. The standard InChI is InChI=1S/C63H42N4SSi/c1-4-22-48(23-5-1)69(49-24-6-2-7-25-49,50-26-8-3-9-27-50)51-28-17-21-46(42-51)63-65-61(43-37-39-47(40-38-43)67-57-34-13-10-29-53(57)54-30-11-14-35-58(54)67)64-62(66-63)45-20-16-19-44(41-45)52-32-18-33-56-55-31-12-15-36-59(55)68-60(52)56/h1-42H. The second kappa shape index (κ2) is 17.0. The van der Waals surface area contributed by atoms with Crippen molar-refractivity contribution >= 4 is 82.1 Å². The minimum absolute atomic E-state index is 0.615. The van der Waals surface area contributed by atoms with Crippen LogP contribution in [0, 0.1) is 0 Å². The van der Waals surface area contributed by atoms with Crippen molar-refractivity contribution in [1.29, 1.82) is 0 Å². The van der Waals surface area contributed by atoms with Gasteiger partial charge >= 0.3 is 0 Å². The Hall–Kier alpha value is -8.55. The fourth-order valence-electron chi connectivity index (χ4n) is 10.5. The molecule has 324 valence electrons. The molecule has 0 saturated carbocycles. The van der Waals surface area contributed by atoms with E-state index >= 15 is 0 Å². The van der Waals surface area contributed by atoms with Crippen molar-refractivity contribution in [3.63, 3.8) is 0 Å². The lowest BCUT2D eigenvalue weighted by molar-refractivity contribution is 1.07. The smallest absolute Gasteiger partial charge is 0.179 e. The maximum atomic E-state index is 5.39. The van der Waals surface area contributed by atoms with Gasteiger partial charge in [0.15, 0.2) is 25.5 Å². The largest absolute Gasteiger partial charge is 0.309 e. The van der Waals surface area contributed by atoms with E-state index in [1.54, 1.807) is 0 Å². The third-order valence-electron chi connectivity index (χ3n) is 13.6. The zero-order valence-electron chi connectivity index (χ0n) is 37.4. The zero-order valence-corrected chi connectivity index (χ0v) is 39.3. The van der Waals surface area contributed by atoms with Crippen molar-refractivity contribution in [1.82, 2.24) is 19.5 Å². The minimum Gasteiger partial charge on any atom is -0.309 e. The second-order valence-electron chi connectivity index (χ2n) is 17.5. The number of fused-ring (bicyclic) bond motifs is 6. The molecule has 0 unspecified atom stereocenters. The first-order valence-corrected chi connectivity index (χ1v) is 26.2.